The number of halogens is 2. The van der Waals surface area contributed by atoms with Gasteiger partial charge in [0.1, 0.15) is 0 Å². The molecule has 0 aliphatic heterocycles. The van der Waals surface area contributed by atoms with Crippen LogP contribution in [0.4, 0.5) is 0 Å². The monoisotopic (exact) mass is 341 g/mol. The van der Waals surface area contributed by atoms with Gasteiger partial charge in [-0.05, 0) is 31.2 Å². The number of benzene rings is 1. The van der Waals surface area contributed by atoms with Crippen LogP contribution in [0.15, 0.2) is 29.2 Å². The highest BCUT2D eigenvalue weighted by molar-refractivity contribution is 7.89. The second kappa shape index (κ2) is 8.43. The Morgan fingerprint density at radius 1 is 1.35 bits per heavy atom. The number of sulfonamides is 1. The van der Waals surface area contributed by atoms with E-state index in [4.69, 9.17) is 17.3 Å². The summed E-state index contributed by atoms with van der Waals surface area (Å²) in [5, 5.41) is 2.94. The smallest absolute Gasteiger partial charge is 0.241 e. The third kappa shape index (κ3) is 5.64. The van der Waals surface area contributed by atoms with Crippen molar-refractivity contribution in [2.75, 3.05) is 13.1 Å². The quantitative estimate of drug-likeness (QED) is 0.701. The molecule has 0 aromatic heterocycles. The Hall–Kier alpha value is -0.860. The average Bonchev–Trinajstić information content (AvgIpc) is 2.35. The predicted molar refractivity (Wildman–Crippen MR) is 80.5 cm³/mol. The summed E-state index contributed by atoms with van der Waals surface area (Å²) in [6.45, 7) is 2.05. The molecule has 1 unspecified atom stereocenters. The van der Waals surface area contributed by atoms with E-state index in [1.807, 2.05) is 0 Å². The molecule has 1 rings (SSSR count). The first-order valence-electron chi connectivity index (χ1n) is 5.62. The number of hydrogen-bond donors (Lipinski definition) is 3. The van der Waals surface area contributed by atoms with Gasteiger partial charge in [-0.1, -0.05) is 11.6 Å². The summed E-state index contributed by atoms with van der Waals surface area (Å²) in [4.78, 5) is 11.6. The zero-order valence-corrected chi connectivity index (χ0v) is 13.2. The van der Waals surface area contributed by atoms with Crippen molar-refractivity contribution in [1.29, 1.82) is 0 Å². The van der Waals surface area contributed by atoms with E-state index >= 15 is 0 Å². The lowest BCUT2D eigenvalue weighted by molar-refractivity contribution is -0.122. The summed E-state index contributed by atoms with van der Waals surface area (Å²) >= 11 is 5.68. The molecule has 4 N–H and O–H groups in total. The molecule has 0 fully saturated rings. The lowest BCUT2D eigenvalue weighted by Gasteiger charge is -2.14. The van der Waals surface area contributed by atoms with Crippen molar-refractivity contribution in [3.05, 3.63) is 29.3 Å². The highest BCUT2D eigenvalue weighted by Crippen LogP contribution is 2.14. The van der Waals surface area contributed by atoms with Crippen LogP contribution in [-0.4, -0.2) is 33.5 Å². The topological polar surface area (TPSA) is 101 Å². The van der Waals surface area contributed by atoms with Crippen molar-refractivity contribution < 1.29 is 13.2 Å². The first-order valence-corrected chi connectivity index (χ1v) is 7.48. The number of amides is 1. The molecule has 0 aliphatic rings. The molecule has 0 saturated heterocycles. The van der Waals surface area contributed by atoms with E-state index in [1.54, 1.807) is 0 Å². The summed E-state index contributed by atoms with van der Waals surface area (Å²) < 4.78 is 26.2. The maximum absolute atomic E-state index is 12.0. The van der Waals surface area contributed by atoms with Crippen LogP contribution < -0.4 is 15.8 Å². The molecule has 1 atom stereocenters. The van der Waals surface area contributed by atoms with Gasteiger partial charge in [-0.2, -0.15) is 4.72 Å². The van der Waals surface area contributed by atoms with Gasteiger partial charge in [0, 0.05) is 18.1 Å². The Morgan fingerprint density at radius 2 is 1.90 bits per heavy atom. The minimum absolute atomic E-state index is 0. The molecular formula is C11H17Cl2N3O3S. The molecule has 0 radical (unpaired) electrons. The number of hydrogen-bond acceptors (Lipinski definition) is 4. The van der Waals surface area contributed by atoms with Gasteiger partial charge >= 0.3 is 0 Å². The van der Waals surface area contributed by atoms with Crippen molar-refractivity contribution >= 4 is 39.9 Å². The van der Waals surface area contributed by atoms with Gasteiger partial charge in [0.15, 0.2) is 0 Å². The Balaban J connectivity index is 0.00000361. The van der Waals surface area contributed by atoms with Crippen LogP contribution in [-0.2, 0) is 14.8 Å². The summed E-state index contributed by atoms with van der Waals surface area (Å²) in [5.74, 6) is -0.428. The zero-order chi connectivity index (χ0) is 14.5. The molecule has 9 heteroatoms. The van der Waals surface area contributed by atoms with Crippen LogP contribution in [0, 0.1) is 0 Å². The van der Waals surface area contributed by atoms with Crippen molar-refractivity contribution in [3.8, 4) is 0 Å². The number of nitrogens with one attached hydrogen (secondary N) is 2. The van der Waals surface area contributed by atoms with Crippen molar-refractivity contribution in [3.63, 3.8) is 0 Å². The Morgan fingerprint density at radius 3 is 2.40 bits per heavy atom. The van der Waals surface area contributed by atoms with Crippen molar-refractivity contribution in [1.82, 2.24) is 10.0 Å². The van der Waals surface area contributed by atoms with Crippen LogP contribution in [0.5, 0.6) is 0 Å². The first kappa shape index (κ1) is 19.1. The van der Waals surface area contributed by atoms with Crippen LogP contribution in [0.3, 0.4) is 0 Å². The van der Waals surface area contributed by atoms with Crippen LogP contribution in [0.2, 0.25) is 5.02 Å². The van der Waals surface area contributed by atoms with E-state index < -0.39 is 22.0 Å². The second-order valence-corrected chi connectivity index (χ2v) is 6.03. The largest absolute Gasteiger partial charge is 0.353 e. The molecule has 1 aromatic rings. The molecule has 20 heavy (non-hydrogen) atoms. The average molecular weight is 342 g/mol. The highest BCUT2D eigenvalue weighted by atomic mass is 35.5. The molecule has 0 heterocycles. The molecule has 1 aromatic carbocycles. The zero-order valence-electron chi connectivity index (χ0n) is 10.8. The van der Waals surface area contributed by atoms with Crippen LogP contribution in [0.25, 0.3) is 0 Å². The van der Waals surface area contributed by atoms with Gasteiger partial charge in [0.05, 0.1) is 10.9 Å². The molecule has 6 nitrogen and oxygen atoms in total. The summed E-state index contributed by atoms with van der Waals surface area (Å²) in [6.07, 6.45) is 0. The van der Waals surface area contributed by atoms with Crippen LogP contribution in [0.1, 0.15) is 6.92 Å². The Kier molecular flexibility index (Phi) is 8.07. The summed E-state index contributed by atoms with van der Waals surface area (Å²) in [5.41, 5.74) is 5.24. The highest BCUT2D eigenvalue weighted by Gasteiger charge is 2.21. The van der Waals surface area contributed by atoms with Gasteiger partial charge in [-0.3, -0.25) is 4.79 Å². The minimum Gasteiger partial charge on any atom is -0.353 e. The normalized spacial score (nSPS) is 12.3. The van der Waals surface area contributed by atoms with Gasteiger partial charge in [0.2, 0.25) is 15.9 Å². The van der Waals surface area contributed by atoms with Gasteiger partial charge in [-0.15, -0.1) is 12.4 Å². The second-order valence-electron chi connectivity index (χ2n) is 3.88. The molecular weight excluding hydrogens is 325 g/mol. The fourth-order valence-corrected chi connectivity index (χ4v) is 2.65. The van der Waals surface area contributed by atoms with E-state index in [2.05, 4.69) is 10.0 Å². The summed E-state index contributed by atoms with van der Waals surface area (Å²) in [6, 6.07) is 4.79. The number of rotatable bonds is 6. The van der Waals surface area contributed by atoms with Crippen molar-refractivity contribution in [2.24, 2.45) is 5.73 Å². The Labute approximate surface area is 129 Å². The van der Waals surface area contributed by atoms with Gasteiger partial charge < -0.3 is 11.1 Å². The van der Waals surface area contributed by atoms with E-state index in [9.17, 15) is 13.2 Å². The first-order chi connectivity index (χ1) is 8.86. The standard InChI is InChI=1S/C11H16ClN3O3S.ClH/c1-8(11(16)14-7-6-13)15-19(17,18)10-4-2-9(12)3-5-10;/h2-5,8,15H,6-7,13H2,1H3,(H,14,16);1H. The minimum atomic E-state index is -3.75. The Bertz CT molecular complexity index is 534. The van der Waals surface area contributed by atoms with Crippen molar-refractivity contribution in [2.45, 2.75) is 17.9 Å². The molecule has 0 bridgehead atoms. The third-order valence-electron chi connectivity index (χ3n) is 2.29. The third-order valence-corrected chi connectivity index (χ3v) is 4.10. The number of carbonyl (C=O) groups is 1. The number of carbonyl (C=O) groups excluding carboxylic acids is 1. The summed E-state index contributed by atoms with van der Waals surface area (Å²) in [7, 11) is -3.75. The molecule has 0 spiro atoms. The molecule has 114 valence electrons. The molecule has 0 aliphatic carbocycles. The maximum Gasteiger partial charge on any atom is 0.241 e. The fraction of sp³-hybridized carbons (Fsp3) is 0.364. The van der Waals surface area contributed by atoms with E-state index in [-0.39, 0.29) is 17.3 Å². The SMILES string of the molecule is CC(NS(=O)(=O)c1ccc(Cl)cc1)C(=O)NCCN.Cl. The lowest BCUT2D eigenvalue weighted by atomic mass is 10.3. The van der Waals surface area contributed by atoms with Crippen LogP contribution >= 0.6 is 24.0 Å². The molecule has 1 amide bonds. The predicted octanol–water partition coefficient (Wildman–Crippen LogP) is 0.503. The van der Waals surface area contributed by atoms with E-state index in [1.165, 1.54) is 31.2 Å². The fourth-order valence-electron chi connectivity index (χ4n) is 1.32. The molecule has 0 saturated carbocycles. The van der Waals surface area contributed by atoms with E-state index in [0.29, 0.717) is 18.1 Å². The van der Waals surface area contributed by atoms with Gasteiger partial charge in [-0.25, -0.2) is 8.42 Å². The van der Waals surface area contributed by atoms with Gasteiger partial charge in [0.25, 0.3) is 0 Å². The number of nitrogens with two attached hydrogens (primary N) is 1. The van der Waals surface area contributed by atoms with E-state index in [0.717, 1.165) is 0 Å². The maximum atomic E-state index is 12.0. The lowest BCUT2D eigenvalue weighted by Crippen LogP contribution is -2.45.